The first kappa shape index (κ1) is 27.3. The standard InChI is InChI=1S/C28H31N3.Pt/c1-9-11-15-23(6)29-25(8)31(28-21(4)18-20(3)19-22(28)5)27(10-2)30-24(7)26-16-13-12-14-17-26;/h9-10,12-14,16,18-19H,2,7-8,15H2,1,3-6H3;/q-2;+2/b29-23+,30-27?;. The molecule has 0 atom stereocenters. The van der Waals surface area contributed by atoms with E-state index in [9.17, 15) is 0 Å². The van der Waals surface area contributed by atoms with E-state index in [1.807, 2.05) is 49.1 Å². The Balaban J connectivity index is 0.00000512. The minimum Gasteiger partial charge on any atom is -0.495 e. The van der Waals surface area contributed by atoms with Crippen molar-refractivity contribution in [1.29, 1.82) is 0 Å². The van der Waals surface area contributed by atoms with Crippen LogP contribution in [0.4, 0.5) is 5.69 Å². The van der Waals surface area contributed by atoms with Crippen molar-refractivity contribution in [2.75, 3.05) is 4.90 Å². The molecule has 0 bridgehead atoms. The molecule has 168 valence electrons. The molecule has 0 N–H and O–H groups in total. The Morgan fingerprint density at radius 3 is 2.31 bits per heavy atom. The number of allylic oxidation sites excluding steroid dienone is 2. The van der Waals surface area contributed by atoms with Crippen LogP contribution in [0.3, 0.4) is 0 Å². The summed E-state index contributed by atoms with van der Waals surface area (Å²) in [5, 5.41) is 0. The zero-order valence-electron chi connectivity index (χ0n) is 19.6. The Hall–Kier alpha value is -2.77. The van der Waals surface area contributed by atoms with E-state index >= 15 is 0 Å². The third kappa shape index (κ3) is 7.14. The van der Waals surface area contributed by atoms with Gasteiger partial charge in [0.15, 0.2) is 0 Å². The summed E-state index contributed by atoms with van der Waals surface area (Å²) >= 11 is 0. The number of hydrogen-bond acceptors (Lipinski definition) is 2. The average Bonchev–Trinajstić information content (AvgIpc) is 2.73. The predicted molar refractivity (Wildman–Crippen MR) is 135 cm³/mol. The van der Waals surface area contributed by atoms with Gasteiger partial charge >= 0.3 is 21.1 Å². The fraction of sp³-hybridized carbons (Fsp3) is 0.214. The van der Waals surface area contributed by atoms with E-state index in [2.05, 4.69) is 64.8 Å². The van der Waals surface area contributed by atoms with Gasteiger partial charge in [-0.2, -0.15) is 0 Å². The van der Waals surface area contributed by atoms with Crippen LogP contribution in [-0.2, 0) is 21.1 Å². The number of aliphatic imine (C=N–C) groups is 2. The number of rotatable bonds is 8. The fourth-order valence-electron chi connectivity index (χ4n) is 3.42. The van der Waals surface area contributed by atoms with Crippen molar-refractivity contribution in [3.8, 4) is 0 Å². The smallest absolute Gasteiger partial charge is 0.495 e. The molecule has 2 aromatic rings. The Morgan fingerprint density at radius 1 is 1.12 bits per heavy atom. The maximum Gasteiger partial charge on any atom is 2.00 e. The normalized spacial score (nSPS) is 11.8. The molecule has 0 amide bonds. The van der Waals surface area contributed by atoms with Crippen LogP contribution < -0.4 is 4.90 Å². The van der Waals surface area contributed by atoms with E-state index in [1.54, 1.807) is 6.08 Å². The maximum atomic E-state index is 4.78. The van der Waals surface area contributed by atoms with Crippen LogP contribution in [0.5, 0.6) is 0 Å². The van der Waals surface area contributed by atoms with Crippen LogP contribution in [0.2, 0.25) is 0 Å². The molecule has 0 aromatic heterocycles. The van der Waals surface area contributed by atoms with Crippen molar-refractivity contribution >= 4 is 22.9 Å². The largest absolute Gasteiger partial charge is 2.00 e. The average molecular weight is 605 g/mol. The third-order valence-electron chi connectivity index (χ3n) is 4.68. The van der Waals surface area contributed by atoms with E-state index < -0.39 is 0 Å². The molecule has 0 aliphatic rings. The number of nitrogens with zero attached hydrogens (tertiary/aromatic N) is 3. The molecule has 0 saturated carbocycles. The zero-order chi connectivity index (χ0) is 23.0. The van der Waals surface area contributed by atoms with Gasteiger partial charge in [0.1, 0.15) is 11.7 Å². The van der Waals surface area contributed by atoms with Crippen molar-refractivity contribution in [1.82, 2.24) is 0 Å². The molecular formula is C28H31N3Pt. The van der Waals surface area contributed by atoms with Gasteiger partial charge < -0.3 is 6.08 Å². The Bertz CT molecular complexity index is 1040. The number of amidine groups is 1. The molecule has 0 aliphatic carbocycles. The van der Waals surface area contributed by atoms with Gasteiger partial charge in [-0.15, -0.1) is 48.9 Å². The summed E-state index contributed by atoms with van der Waals surface area (Å²) in [4.78, 5) is 11.5. The second-order valence-corrected chi connectivity index (χ2v) is 7.41. The van der Waals surface area contributed by atoms with Crippen LogP contribution in [0, 0.1) is 32.9 Å². The van der Waals surface area contributed by atoms with Crippen molar-refractivity contribution < 1.29 is 21.1 Å². The molecule has 0 saturated heterocycles. The molecular weight excluding hydrogens is 573 g/mol. The van der Waals surface area contributed by atoms with Crippen LogP contribution in [0.25, 0.3) is 5.70 Å². The van der Waals surface area contributed by atoms with Gasteiger partial charge in [0.2, 0.25) is 0 Å². The van der Waals surface area contributed by atoms with Gasteiger partial charge in [-0.3, -0.25) is 16.0 Å². The van der Waals surface area contributed by atoms with Gasteiger partial charge in [0, 0.05) is 0 Å². The quantitative estimate of drug-likeness (QED) is 0.178. The Morgan fingerprint density at radius 2 is 1.78 bits per heavy atom. The number of anilines is 1. The molecule has 2 rings (SSSR count). The summed E-state index contributed by atoms with van der Waals surface area (Å²) in [7, 11) is 0. The minimum absolute atomic E-state index is 0. The molecule has 4 heteroatoms. The second-order valence-electron chi connectivity index (χ2n) is 7.41. The second kappa shape index (κ2) is 12.9. The molecule has 0 aliphatic heterocycles. The SMILES string of the molecule is C=CC(=NC(=C)c1[c-]cccc1)N(C(=C)/N=C(\C)C[C-]=CC)c1c(C)cc(C)cc1C.[Pt+2]. The molecule has 0 radical (unpaired) electrons. The summed E-state index contributed by atoms with van der Waals surface area (Å²) < 4.78 is 0. The summed E-state index contributed by atoms with van der Waals surface area (Å²) in [5.74, 6) is 1.17. The number of benzene rings is 2. The van der Waals surface area contributed by atoms with E-state index in [-0.39, 0.29) is 21.1 Å². The first-order valence-corrected chi connectivity index (χ1v) is 10.3. The van der Waals surface area contributed by atoms with Crippen LogP contribution in [-0.4, -0.2) is 11.5 Å². The van der Waals surface area contributed by atoms with Gasteiger partial charge in [-0.05, 0) is 56.3 Å². The van der Waals surface area contributed by atoms with Gasteiger partial charge in [-0.25, -0.2) is 4.99 Å². The molecule has 32 heavy (non-hydrogen) atoms. The maximum absolute atomic E-state index is 4.78. The van der Waals surface area contributed by atoms with Crippen molar-refractivity contribution in [2.45, 2.75) is 41.0 Å². The molecule has 0 spiro atoms. The Labute approximate surface area is 208 Å². The first-order chi connectivity index (χ1) is 14.8. The molecule has 0 heterocycles. The van der Waals surface area contributed by atoms with Crippen molar-refractivity contribution in [2.24, 2.45) is 9.98 Å². The fourth-order valence-corrected chi connectivity index (χ4v) is 3.42. The predicted octanol–water partition coefficient (Wildman–Crippen LogP) is 7.17. The van der Waals surface area contributed by atoms with E-state index in [0.717, 1.165) is 28.1 Å². The molecule has 0 fully saturated rings. The Kier molecular flexibility index (Phi) is 11.0. The van der Waals surface area contributed by atoms with Gasteiger partial charge in [0.05, 0.1) is 5.69 Å². The van der Waals surface area contributed by atoms with Gasteiger partial charge in [-0.1, -0.05) is 37.8 Å². The minimum atomic E-state index is 0. The summed E-state index contributed by atoms with van der Waals surface area (Å²) in [6.07, 6.45) is 7.42. The molecule has 3 nitrogen and oxygen atoms in total. The number of hydrogen-bond donors (Lipinski definition) is 0. The molecule has 2 aromatic carbocycles. The summed E-state index contributed by atoms with van der Waals surface area (Å²) in [6.45, 7) is 22.6. The van der Waals surface area contributed by atoms with Crippen LogP contribution in [0.1, 0.15) is 42.5 Å². The number of aryl methyl sites for hydroxylation is 3. The summed E-state index contributed by atoms with van der Waals surface area (Å²) in [6, 6.07) is 15.1. The van der Waals surface area contributed by atoms with E-state index in [4.69, 9.17) is 9.98 Å². The van der Waals surface area contributed by atoms with Crippen LogP contribution in [0.15, 0.2) is 84.1 Å². The third-order valence-corrected chi connectivity index (χ3v) is 4.68. The summed E-state index contributed by atoms with van der Waals surface area (Å²) in [5.41, 5.74) is 6.74. The van der Waals surface area contributed by atoms with Crippen molar-refractivity contribution in [3.63, 3.8) is 0 Å². The topological polar surface area (TPSA) is 28.0 Å². The van der Waals surface area contributed by atoms with Crippen molar-refractivity contribution in [3.05, 3.63) is 109 Å². The van der Waals surface area contributed by atoms with E-state index in [0.29, 0.717) is 23.8 Å². The first-order valence-electron chi connectivity index (χ1n) is 10.3. The monoisotopic (exact) mass is 604 g/mol. The van der Waals surface area contributed by atoms with E-state index in [1.165, 1.54) is 5.56 Å². The zero-order valence-corrected chi connectivity index (χ0v) is 21.9. The van der Waals surface area contributed by atoms with Crippen LogP contribution >= 0.6 is 0 Å². The molecule has 0 unspecified atom stereocenters. The van der Waals surface area contributed by atoms with Gasteiger partial charge in [0.25, 0.3) is 0 Å².